The highest BCUT2D eigenvalue weighted by atomic mass is 16.7. The van der Waals surface area contributed by atoms with E-state index in [4.69, 9.17) is 33.2 Å². The molecule has 1 saturated heterocycles. The molecule has 0 amide bonds. The fourth-order valence-corrected chi connectivity index (χ4v) is 6.79. The minimum absolute atomic E-state index is 0.117. The van der Waals surface area contributed by atoms with Crippen LogP contribution in [-0.2, 0) is 64.4 Å². The number of carbonyl (C=O) groups is 1. The third kappa shape index (κ3) is 15.6. The van der Waals surface area contributed by atoms with Gasteiger partial charge >= 0.3 is 5.97 Å². The monoisotopic (exact) mass is 752 g/mol. The first-order valence-corrected chi connectivity index (χ1v) is 20.1. The normalized spacial score (nSPS) is 19.6. The molecule has 5 atom stereocenters. The summed E-state index contributed by atoms with van der Waals surface area (Å²) in [5.41, 5.74) is 4.27. The predicted octanol–water partition coefficient (Wildman–Crippen LogP) is 9.77. The number of unbranched alkanes of at least 4 members (excludes halogenated alkanes) is 8. The van der Waals surface area contributed by atoms with Gasteiger partial charge in [0.1, 0.15) is 24.4 Å². The van der Waals surface area contributed by atoms with Crippen molar-refractivity contribution in [3.63, 3.8) is 0 Å². The molecule has 8 heteroatoms. The molecule has 4 aromatic rings. The van der Waals surface area contributed by atoms with Crippen molar-refractivity contribution in [1.29, 1.82) is 0 Å². The number of methoxy groups -OCH3 is 1. The molecule has 1 fully saturated rings. The molecule has 0 saturated carbocycles. The summed E-state index contributed by atoms with van der Waals surface area (Å²) in [6.07, 6.45) is 7.66. The SMILES string of the molecule is COC(=O)CCCCCCCCCCCO[C@@H]1O[C@H](COCc2ccccc2)[C@@H](OCc2ccccc2)[C@H](OCc2ccccc2)[C@@H]1OCc1ccccc1. The summed E-state index contributed by atoms with van der Waals surface area (Å²) in [6.45, 7) is 2.45. The lowest BCUT2D eigenvalue weighted by Crippen LogP contribution is -2.61. The number of esters is 1. The number of benzene rings is 4. The van der Waals surface area contributed by atoms with E-state index in [1.165, 1.54) is 26.4 Å². The lowest BCUT2D eigenvalue weighted by atomic mass is 9.97. The van der Waals surface area contributed by atoms with Gasteiger partial charge < -0.3 is 33.2 Å². The van der Waals surface area contributed by atoms with Gasteiger partial charge in [-0.15, -0.1) is 0 Å². The van der Waals surface area contributed by atoms with Crippen LogP contribution in [-0.4, -0.2) is 57.0 Å². The van der Waals surface area contributed by atoms with Gasteiger partial charge in [-0.25, -0.2) is 0 Å². The minimum Gasteiger partial charge on any atom is -0.469 e. The van der Waals surface area contributed by atoms with E-state index in [0.29, 0.717) is 46.1 Å². The van der Waals surface area contributed by atoms with Crippen LogP contribution in [0.4, 0.5) is 0 Å². The fourth-order valence-electron chi connectivity index (χ4n) is 6.79. The van der Waals surface area contributed by atoms with Crippen LogP contribution in [0, 0.1) is 0 Å². The molecule has 0 aromatic heterocycles. The molecule has 0 unspecified atom stereocenters. The zero-order valence-electron chi connectivity index (χ0n) is 32.5. The zero-order chi connectivity index (χ0) is 38.2. The minimum atomic E-state index is -0.684. The number of hydrogen-bond acceptors (Lipinski definition) is 8. The van der Waals surface area contributed by atoms with Gasteiger partial charge in [-0.2, -0.15) is 0 Å². The van der Waals surface area contributed by atoms with E-state index in [-0.39, 0.29) is 5.97 Å². The molecular formula is C47H60O8. The third-order valence-corrected chi connectivity index (χ3v) is 9.88. The smallest absolute Gasteiger partial charge is 0.305 e. The molecular weight excluding hydrogens is 693 g/mol. The van der Waals surface area contributed by atoms with E-state index in [9.17, 15) is 4.79 Å². The zero-order valence-corrected chi connectivity index (χ0v) is 32.5. The molecule has 0 bridgehead atoms. The Morgan fingerprint density at radius 2 is 0.909 bits per heavy atom. The molecule has 0 aliphatic carbocycles. The van der Waals surface area contributed by atoms with E-state index in [1.54, 1.807) is 0 Å². The lowest BCUT2D eigenvalue weighted by molar-refractivity contribution is -0.328. The molecule has 4 aromatic carbocycles. The van der Waals surface area contributed by atoms with E-state index in [0.717, 1.165) is 60.8 Å². The molecule has 0 spiro atoms. The van der Waals surface area contributed by atoms with Crippen molar-refractivity contribution in [2.24, 2.45) is 0 Å². The molecule has 1 aliphatic heterocycles. The fraction of sp³-hybridized carbons (Fsp3) is 0.468. The Labute approximate surface area is 328 Å². The third-order valence-electron chi connectivity index (χ3n) is 9.88. The van der Waals surface area contributed by atoms with Gasteiger partial charge in [0.2, 0.25) is 0 Å². The van der Waals surface area contributed by atoms with Crippen LogP contribution in [0.15, 0.2) is 121 Å². The Balaban J connectivity index is 1.26. The van der Waals surface area contributed by atoms with E-state index < -0.39 is 30.7 Å². The Morgan fingerprint density at radius 3 is 1.40 bits per heavy atom. The number of ether oxygens (including phenoxy) is 7. The number of carbonyl (C=O) groups excluding carboxylic acids is 1. The first kappa shape index (κ1) is 42.3. The van der Waals surface area contributed by atoms with Crippen molar-refractivity contribution in [2.75, 3.05) is 20.3 Å². The molecule has 1 aliphatic rings. The molecule has 0 N–H and O–H groups in total. The largest absolute Gasteiger partial charge is 0.469 e. The maximum Gasteiger partial charge on any atom is 0.305 e. The molecule has 0 radical (unpaired) electrons. The predicted molar refractivity (Wildman–Crippen MR) is 214 cm³/mol. The van der Waals surface area contributed by atoms with Gasteiger partial charge in [0, 0.05) is 13.0 Å². The van der Waals surface area contributed by atoms with E-state index in [2.05, 4.69) is 48.5 Å². The average Bonchev–Trinajstić information content (AvgIpc) is 3.23. The summed E-state index contributed by atoms with van der Waals surface area (Å²) < 4.78 is 44.8. The summed E-state index contributed by atoms with van der Waals surface area (Å²) in [6, 6.07) is 40.7. The first-order chi connectivity index (χ1) is 27.2. The molecule has 296 valence electrons. The van der Waals surface area contributed by atoms with Crippen LogP contribution in [0.3, 0.4) is 0 Å². The standard InChI is InChI=1S/C47H60O8/c1-49-43(48)31-21-7-5-3-2-4-6-8-22-32-51-47-46(54-36-41-29-19-12-20-30-41)45(53-35-40-27-17-11-18-28-40)44(52-34-39-25-15-10-16-26-39)42(55-47)37-50-33-38-23-13-9-14-24-38/h9-20,23-30,42,44-47H,2-8,21-22,31-37H2,1H3/t42-,44-,45+,46+,47-/m1/s1. The van der Waals surface area contributed by atoms with Gasteiger partial charge in [-0.05, 0) is 35.1 Å². The van der Waals surface area contributed by atoms with Crippen LogP contribution < -0.4 is 0 Å². The van der Waals surface area contributed by atoms with Crippen molar-refractivity contribution in [2.45, 2.75) is 121 Å². The summed E-state index contributed by atoms with van der Waals surface area (Å²) >= 11 is 0. The van der Waals surface area contributed by atoms with Crippen molar-refractivity contribution in [1.82, 2.24) is 0 Å². The Bertz CT molecular complexity index is 1560. The Kier molecular flexibility index (Phi) is 19.4. The number of rotatable bonds is 26. The van der Waals surface area contributed by atoms with Crippen LogP contribution in [0.25, 0.3) is 0 Å². The molecule has 5 rings (SSSR count). The first-order valence-electron chi connectivity index (χ1n) is 20.1. The maximum atomic E-state index is 11.3. The lowest BCUT2D eigenvalue weighted by Gasteiger charge is -2.46. The maximum absolute atomic E-state index is 11.3. The van der Waals surface area contributed by atoms with Crippen molar-refractivity contribution >= 4 is 5.97 Å². The summed E-state index contributed by atoms with van der Waals surface area (Å²) in [4.78, 5) is 11.3. The van der Waals surface area contributed by atoms with Gasteiger partial charge in [-0.1, -0.05) is 166 Å². The topological polar surface area (TPSA) is 81.7 Å². The Morgan fingerprint density at radius 1 is 0.491 bits per heavy atom. The number of hydrogen-bond donors (Lipinski definition) is 0. The van der Waals surface area contributed by atoms with Crippen molar-refractivity contribution in [3.8, 4) is 0 Å². The van der Waals surface area contributed by atoms with Crippen LogP contribution >= 0.6 is 0 Å². The van der Waals surface area contributed by atoms with E-state index >= 15 is 0 Å². The second-order valence-electron chi connectivity index (χ2n) is 14.2. The van der Waals surface area contributed by atoms with Crippen molar-refractivity contribution in [3.05, 3.63) is 144 Å². The summed E-state index contributed by atoms with van der Waals surface area (Å²) in [7, 11) is 1.45. The second kappa shape index (κ2) is 25.3. The highest BCUT2D eigenvalue weighted by Gasteiger charge is 2.49. The van der Waals surface area contributed by atoms with Gasteiger partial charge in [0.25, 0.3) is 0 Å². The van der Waals surface area contributed by atoms with Crippen LogP contribution in [0.2, 0.25) is 0 Å². The summed E-state index contributed by atoms with van der Waals surface area (Å²) in [5.74, 6) is -0.117. The highest BCUT2D eigenvalue weighted by Crippen LogP contribution is 2.32. The van der Waals surface area contributed by atoms with Crippen molar-refractivity contribution < 1.29 is 38.0 Å². The highest BCUT2D eigenvalue weighted by molar-refractivity contribution is 5.68. The summed E-state index contributed by atoms with van der Waals surface area (Å²) in [5, 5.41) is 0. The molecule has 8 nitrogen and oxygen atoms in total. The Hall–Kier alpha value is -3.89. The second-order valence-corrected chi connectivity index (χ2v) is 14.2. The van der Waals surface area contributed by atoms with Crippen LogP contribution in [0.5, 0.6) is 0 Å². The molecule has 1 heterocycles. The van der Waals surface area contributed by atoms with Crippen LogP contribution in [0.1, 0.15) is 86.5 Å². The van der Waals surface area contributed by atoms with Gasteiger partial charge in [0.05, 0.1) is 40.1 Å². The molecule has 55 heavy (non-hydrogen) atoms. The van der Waals surface area contributed by atoms with Gasteiger partial charge in [-0.3, -0.25) is 4.79 Å². The average molecular weight is 753 g/mol. The van der Waals surface area contributed by atoms with Gasteiger partial charge in [0.15, 0.2) is 6.29 Å². The quantitative estimate of drug-likeness (QED) is 0.0464. The van der Waals surface area contributed by atoms with E-state index in [1.807, 2.05) is 72.8 Å².